The van der Waals surface area contributed by atoms with E-state index in [-0.39, 0.29) is 11.2 Å². The zero-order chi connectivity index (χ0) is 16.8. The molecule has 3 N–H and O–H groups in total. The van der Waals surface area contributed by atoms with Crippen molar-refractivity contribution in [3.63, 3.8) is 0 Å². The molecular weight excluding hydrogens is 307 g/mol. The quantitative estimate of drug-likeness (QED) is 0.450. The molecule has 1 aromatic rings. The number of hydrogen-bond donors (Lipinski definition) is 2. The van der Waals surface area contributed by atoms with Crippen molar-refractivity contribution in [2.24, 2.45) is 10.7 Å². The van der Waals surface area contributed by atoms with E-state index in [4.69, 9.17) is 10.5 Å². The van der Waals surface area contributed by atoms with E-state index in [1.807, 2.05) is 12.1 Å². The van der Waals surface area contributed by atoms with E-state index in [1.54, 1.807) is 0 Å². The second kappa shape index (κ2) is 7.94. The molecule has 2 aliphatic rings. The van der Waals surface area contributed by atoms with E-state index >= 15 is 0 Å². The second-order valence-corrected chi connectivity index (χ2v) is 6.72. The van der Waals surface area contributed by atoms with Crippen LogP contribution in [0.1, 0.15) is 24.8 Å². The number of halogens is 1. The van der Waals surface area contributed by atoms with Crippen molar-refractivity contribution in [3.8, 4) is 0 Å². The molecule has 0 aromatic heterocycles. The molecule has 0 radical (unpaired) electrons. The van der Waals surface area contributed by atoms with Gasteiger partial charge in [-0.15, -0.1) is 0 Å². The molecule has 0 bridgehead atoms. The summed E-state index contributed by atoms with van der Waals surface area (Å²) in [6, 6.07) is 6.77. The van der Waals surface area contributed by atoms with Gasteiger partial charge in [-0.25, -0.2) is 4.39 Å². The molecule has 0 spiro atoms. The molecule has 1 aromatic carbocycles. The van der Waals surface area contributed by atoms with E-state index in [2.05, 4.69) is 15.2 Å². The summed E-state index contributed by atoms with van der Waals surface area (Å²) in [5.74, 6) is 0.310. The van der Waals surface area contributed by atoms with Gasteiger partial charge in [0.1, 0.15) is 5.82 Å². The minimum atomic E-state index is -0.195. The van der Waals surface area contributed by atoms with Crippen molar-refractivity contribution in [3.05, 3.63) is 35.6 Å². The Morgan fingerprint density at radius 1 is 1.25 bits per heavy atom. The highest BCUT2D eigenvalue weighted by Crippen LogP contribution is 2.48. The van der Waals surface area contributed by atoms with E-state index in [9.17, 15) is 4.39 Å². The Morgan fingerprint density at radius 2 is 1.96 bits per heavy atom. The van der Waals surface area contributed by atoms with Crippen LogP contribution in [0, 0.1) is 5.82 Å². The first-order valence-electron chi connectivity index (χ1n) is 8.78. The topological polar surface area (TPSA) is 62.9 Å². The SMILES string of the molecule is NC(=NCC1(c2ccc(F)cc2)CC1)NCCCN1CCOCC1. The van der Waals surface area contributed by atoms with Crippen LogP contribution in [0.15, 0.2) is 29.3 Å². The summed E-state index contributed by atoms with van der Waals surface area (Å²) in [6.45, 7) is 6.26. The van der Waals surface area contributed by atoms with Gasteiger partial charge in [-0.1, -0.05) is 12.1 Å². The number of morpholine rings is 1. The number of rotatable bonds is 7. The van der Waals surface area contributed by atoms with E-state index in [0.29, 0.717) is 12.5 Å². The molecular formula is C18H27FN4O. The zero-order valence-corrected chi connectivity index (χ0v) is 14.1. The lowest BCUT2D eigenvalue weighted by atomic mass is 9.96. The van der Waals surface area contributed by atoms with Gasteiger partial charge in [0.15, 0.2) is 5.96 Å². The lowest BCUT2D eigenvalue weighted by molar-refractivity contribution is 0.0376. The Balaban J connectivity index is 1.39. The van der Waals surface area contributed by atoms with Gasteiger partial charge in [0.2, 0.25) is 0 Å². The molecule has 1 aliphatic carbocycles. The number of aliphatic imine (C=N–C) groups is 1. The van der Waals surface area contributed by atoms with Gasteiger partial charge in [-0.05, 0) is 43.5 Å². The summed E-state index contributed by atoms with van der Waals surface area (Å²) < 4.78 is 18.4. The predicted molar refractivity (Wildman–Crippen MR) is 93.7 cm³/mol. The van der Waals surface area contributed by atoms with Crippen LogP contribution in [0.5, 0.6) is 0 Å². The van der Waals surface area contributed by atoms with Gasteiger partial charge in [-0.3, -0.25) is 9.89 Å². The van der Waals surface area contributed by atoms with Gasteiger partial charge in [0.25, 0.3) is 0 Å². The predicted octanol–water partition coefficient (Wildman–Crippen LogP) is 1.48. The zero-order valence-electron chi connectivity index (χ0n) is 14.1. The van der Waals surface area contributed by atoms with Crippen LogP contribution in [0.4, 0.5) is 4.39 Å². The fourth-order valence-corrected chi connectivity index (χ4v) is 3.13. The summed E-state index contributed by atoms with van der Waals surface area (Å²) in [5, 5.41) is 3.19. The number of guanidine groups is 1. The lowest BCUT2D eigenvalue weighted by Crippen LogP contribution is -2.39. The van der Waals surface area contributed by atoms with E-state index < -0.39 is 0 Å². The molecule has 0 atom stereocenters. The fraction of sp³-hybridized carbons (Fsp3) is 0.611. The van der Waals surface area contributed by atoms with Crippen LogP contribution in [0.2, 0.25) is 0 Å². The average Bonchev–Trinajstić information content (AvgIpc) is 3.40. The monoisotopic (exact) mass is 334 g/mol. The van der Waals surface area contributed by atoms with Crippen molar-refractivity contribution in [1.82, 2.24) is 10.2 Å². The van der Waals surface area contributed by atoms with Crippen molar-refractivity contribution in [2.45, 2.75) is 24.7 Å². The third-order valence-electron chi connectivity index (χ3n) is 4.92. The van der Waals surface area contributed by atoms with Crippen LogP contribution in [-0.4, -0.2) is 56.8 Å². The third-order valence-corrected chi connectivity index (χ3v) is 4.92. The number of nitrogens with zero attached hydrogens (tertiary/aromatic N) is 2. The van der Waals surface area contributed by atoms with Gasteiger partial charge in [0, 0.05) is 25.0 Å². The molecule has 5 nitrogen and oxygen atoms in total. The first-order valence-corrected chi connectivity index (χ1v) is 8.78. The maximum Gasteiger partial charge on any atom is 0.188 e. The molecule has 0 unspecified atom stereocenters. The number of nitrogens with one attached hydrogen (secondary N) is 1. The van der Waals surface area contributed by atoms with Gasteiger partial charge >= 0.3 is 0 Å². The molecule has 24 heavy (non-hydrogen) atoms. The Bertz CT molecular complexity index is 551. The second-order valence-electron chi connectivity index (χ2n) is 6.72. The molecule has 2 fully saturated rings. The summed E-state index contributed by atoms with van der Waals surface area (Å²) in [4.78, 5) is 6.91. The van der Waals surface area contributed by atoms with Crippen molar-refractivity contribution < 1.29 is 9.13 Å². The number of ether oxygens (including phenoxy) is 1. The smallest absolute Gasteiger partial charge is 0.188 e. The Hall–Kier alpha value is -1.66. The van der Waals surface area contributed by atoms with Crippen molar-refractivity contribution in [1.29, 1.82) is 0 Å². The normalized spacial score (nSPS) is 20.8. The number of hydrogen-bond acceptors (Lipinski definition) is 3. The van der Waals surface area contributed by atoms with Crippen molar-refractivity contribution >= 4 is 5.96 Å². The number of nitrogens with two attached hydrogens (primary N) is 1. The minimum absolute atomic E-state index is 0.0633. The Labute approximate surface area is 143 Å². The van der Waals surface area contributed by atoms with Crippen LogP contribution in [0.25, 0.3) is 0 Å². The van der Waals surface area contributed by atoms with Crippen molar-refractivity contribution in [2.75, 3.05) is 45.9 Å². The standard InChI is InChI=1S/C18H27FN4O/c19-16-4-2-15(3-5-16)18(6-7-18)14-22-17(20)21-8-1-9-23-10-12-24-13-11-23/h2-5H,1,6-14H2,(H3,20,21,22). The molecule has 1 heterocycles. The van der Waals surface area contributed by atoms with Gasteiger partial charge in [-0.2, -0.15) is 0 Å². The lowest BCUT2D eigenvalue weighted by Gasteiger charge is -2.26. The third kappa shape index (κ3) is 4.68. The first-order chi connectivity index (χ1) is 11.7. The van der Waals surface area contributed by atoms with E-state index in [1.165, 1.54) is 12.1 Å². The molecule has 1 saturated carbocycles. The molecule has 1 aliphatic heterocycles. The average molecular weight is 334 g/mol. The summed E-state index contributed by atoms with van der Waals surface area (Å²) in [7, 11) is 0. The molecule has 6 heteroatoms. The van der Waals surface area contributed by atoms with E-state index in [0.717, 1.165) is 64.2 Å². The number of benzene rings is 1. The minimum Gasteiger partial charge on any atom is -0.379 e. The Morgan fingerprint density at radius 3 is 2.62 bits per heavy atom. The van der Waals surface area contributed by atoms with Gasteiger partial charge < -0.3 is 15.8 Å². The van der Waals surface area contributed by atoms with Crippen LogP contribution in [-0.2, 0) is 10.2 Å². The maximum atomic E-state index is 13.0. The summed E-state index contributed by atoms with van der Waals surface area (Å²) in [6.07, 6.45) is 3.22. The summed E-state index contributed by atoms with van der Waals surface area (Å²) in [5.41, 5.74) is 7.20. The Kier molecular flexibility index (Phi) is 5.68. The molecule has 3 rings (SSSR count). The summed E-state index contributed by atoms with van der Waals surface area (Å²) >= 11 is 0. The highest BCUT2D eigenvalue weighted by Gasteiger charge is 2.44. The first kappa shape index (κ1) is 17.2. The van der Waals surface area contributed by atoms with Crippen LogP contribution < -0.4 is 11.1 Å². The molecule has 1 saturated heterocycles. The largest absolute Gasteiger partial charge is 0.379 e. The fourth-order valence-electron chi connectivity index (χ4n) is 3.13. The maximum absolute atomic E-state index is 13.0. The van der Waals surface area contributed by atoms with Crippen LogP contribution >= 0.6 is 0 Å². The molecule has 132 valence electrons. The highest BCUT2D eigenvalue weighted by atomic mass is 19.1. The molecule has 0 amide bonds. The van der Waals surface area contributed by atoms with Gasteiger partial charge in [0.05, 0.1) is 19.8 Å². The highest BCUT2D eigenvalue weighted by molar-refractivity contribution is 5.77. The van der Waals surface area contributed by atoms with Crippen LogP contribution in [0.3, 0.4) is 0 Å².